The molecule has 1 nitrogen and oxygen atoms in total. The van der Waals surface area contributed by atoms with Crippen LogP contribution >= 0.6 is 35.2 Å². The Hall–Kier alpha value is 0.410. The summed E-state index contributed by atoms with van der Waals surface area (Å²) in [6.07, 6.45) is -4.36. The van der Waals surface area contributed by atoms with Crippen LogP contribution in [0, 0.1) is 5.92 Å². The third kappa shape index (κ3) is 3.97. The van der Waals surface area contributed by atoms with E-state index in [0.717, 1.165) is 0 Å². The Morgan fingerprint density at radius 3 is 2.00 bits per heavy atom. The molecule has 0 heterocycles. The number of allylic oxidation sites excluding steroid dienone is 1. The van der Waals surface area contributed by atoms with Crippen LogP contribution in [0.3, 0.4) is 0 Å². The minimum absolute atomic E-state index is 0.0181. The summed E-state index contributed by atoms with van der Waals surface area (Å²) in [6.45, 7) is 3.54. The highest BCUT2D eigenvalue weighted by atomic mass is 127. The van der Waals surface area contributed by atoms with Crippen molar-refractivity contribution in [2.24, 2.45) is 11.7 Å². The van der Waals surface area contributed by atoms with Gasteiger partial charge in [0.05, 0.1) is 0 Å². The standard InChI is InChI=1S/C7H11F3INS/c1-3(2)5(13)4(12)6(11)7(8,9)10/h3,5,13H,12H2,1-2H3/b6-4+. The molecule has 0 amide bonds. The van der Waals surface area contributed by atoms with Crippen LogP contribution in [0.4, 0.5) is 13.2 Å². The topological polar surface area (TPSA) is 26.0 Å². The van der Waals surface area contributed by atoms with Gasteiger partial charge in [0, 0.05) is 10.9 Å². The van der Waals surface area contributed by atoms with Crippen molar-refractivity contribution in [3.8, 4) is 0 Å². The van der Waals surface area contributed by atoms with E-state index in [4.69, 9.17) is 5.73 Å². The fraction of sp³-hybridized carbons (Fsp3) is 0.714. The molecular weight excluding hydrogens is 314 g/mol. The number of thiol groups is 1. The molecule has 0 saturated carbocycles. The Kier molecular flexibility index (Phi) is 4.92. The van der Waals surface area contributed by atoms with Crippen molar-refractivity contribution in [1.82, 2.24) is 0 Å². The maximum Gasteiger partial charge on any atom is 0.423 e. The number of halogens is 4. The van der Waals surface area contributed by atoms with Gasteiger partial charge < -0.3 is 5.73 Å². The number of hydrogen-bond donors (Lipinski definition) is 2. The molecule has 0 aliphatic carbocycles. The third-order valence-corrected chi connectivity index (χ3v) is 3.56. The van der Waals surface area contributed by atoms with E-state index in [2.05, 4.69) is 12.6 Å². The first-order valence-electron chi connectivity index (χ1n) is 3.58. The molecule has 0 aliphatic heterocycles. The number of rotatable bonds is 2. The van der Waals surface area contributed by atoms with E-state index in [-0.39, 0.29) is 11.6 Å². The molecule has 0 rings (SSSR count). The van der Waals surface area contributed by atoms with E-state index in [0.29, 0.717) is 0 Å². The SMILES string of the molecule is CC(C)C(S)/C(N)=C(\I)C(F)(F)F. The lowest BCUT2D eigenvalue weighted by atomic mass is 10.1. The van der Waals surface area contributed by atoms with Crippen molar-refractivity contribution in [3.05, 3.63) is 9.28 Å². The molecule has 1 atom stereocenters. The predicted octanol–water partition coefficient (Wildman–Crippen LogP) is 3.11. The van der Waals surface area contributed by atoms with Crippen molar-refractivity contribution in [1.29, 1.82) is 0 Å². The number of nitrogens with two attached hydrogens (primary N) is 1. The van der Waals surface area contributed by atoms with Crippen LogP contribution in [0.25, 0.3) is 0 Å². The minimum atomic E-state index is -4.36. The van der Waals surface area contributed by atoms with Crippen LogP contribution in [0.1, 0.15) is 13.8 Å². The van der Waals surface area contributed by atoms with Gasteiger partial charge in [-0.15, -0.1) is 0 Å². The van der Waals surface area contributed by atoms with Crippen molar-refractivity contribution in [3.63, 3.8) is 0 Å². The average molecular weight is 325 g/mol. The zero-order chi connectivity index (χ0) is 10.8. The zero-order valence-corrected chi connectivity index (χ0v) is 10.2. The highest BCUT2D eigenvalue weighted by Gasteiger charge is 2.35. The average Bonchev–Trinajstić information content (AvgIpc) is 1.98. The smallest absolute Gasteiger partial charge is 0.400 e. The monoisotopic (exact) mass is 325 g/mol. The van der Waals surface area contributed by atoms with Gasteiger partial charge in [-0.1, -0.05) is 13.8 Å². The summed E-state index contributed by atoms with van der Waals surface area (Å²) in [7, 11) is 0. The van der Waals surface area contributed by atoms with Crippen LogP contribution in [0.5, 0.6) is 0 Å². The first-order chi connectivity index (χ1) is 5.68. The predicted molar refractivity (Wildman–Crippen MR) is 58.9 cm³/mol. The van der Waals surface area contributed by atoms with Crippen molar-refractivity contribution in [2.75, 3.05) is 0 Å². The highest BCUT2D eigenvalue weighted by molar-refractivity contribution is 14.1. The van der Waals surface area contributed by atoms with Gasteiger partial charge in [-0.2, -0.15) is 25.8 Å². The van der Waals surface area contributed by atoms with E-state index in [1.54, 1.807) is 13.8 Å². The van der Waals surface area contributed by atoms with Gasteiger partial charge in [-0.3, -0.25) is 0 Å². The van der Waals surface area contributed by atoms with Gasteiger partial charge in [-0.25, -0.2) is 0 Å². The molecule has 0 spiro atoms. The largest absolute Gasteiger partial charge is 0.423 e. The van der Waals surface area contributed by atoms with E-state index >= 15 is 0 Å². The number of hydrogen-bond acceptors (Lipinski definition) is 2. The molecule has 13 heavy (non-hydrogen) atoms. The van der Waals surface area contributed by atoms with Gasteiger partial charge in [0.1, 0.15) is 3.58 Å². The summed E-state index contributed by atoms with van der Waals surface area (Å²) in [6, 6.07) is 0. The molecular formula is C7H11F3INS. The van der Waals surface area contributed by atoms with Crippen LogP contribution in [0.2, 0.25) is 0 Å². The van der Waals surface area contributed by atoms with Crippen LogP contribution in [-0.4, -0.2) is 11.4 Å². The molecule has 0 aromatic rings. The summed E-state index contributed by atoms with van der Waals surface area (Å²) < 4.78 is 35.7. The number of alkyl halides is 3. The van der Waals surface area contributed by atoms with E-state index in [1.165, 1.54) is 22.6 Å². The van der Waals surface area contributed by atoms with Crippen LogP contribution in [-0.2, 0) is 0 Å². The van der Waals surface area contributed by atoms with Crippen molar-refractivity contribution in [2.45, 2.75) is 25.3 Å². The lowest BCUT2D eigenvalue weighted by Gasteiger charge is -2.18. The Morgan fingerprint density at radius 1 is 1.38 bits per heavy atom. The highest BCUT2D eigenvalue weighted by Crippen LogP contribution is 2.34. The molecule has 0 aromatic carbocycles. The van der Waals surface area contributed by atoms with Crippen molar-refractivity contribution < 1.29 is 13.2 Å². The van der Waals surface area contributed by atoms with Crippen LogP contribution in [0.15, 0.2) is 9.28 Å². The lowest BCUT2D eigenvalue weighted by molar-refractivity contribution is -0.0826. The molecule has 0 aromatic heterocycles. The second-order valence-electron chi connectivity index (χ2n) is 2.96. The molecule has 0 bridgehead atoms. The molecule has 0 radical (unpaired) electrons. The van der Waals surface area contributed by atoms with Gasteiger partial charge in [-0.05, 0) is 28.5 Å². The molecule has 0 aliphatic rings. The van der Waals surface area contributed by atoms with Crippen LogP contribution < -0.4 is 5.73 Å². The Balaban J connectivity index is 4.82. The normalized spacial score (nSPS) is 17.2. The fourth-order valence-corrected chi connectivity index (χ4v) is 1.36. The second kappa shape index (κ2) is 4.77. The molecule has 78 valence electrons. The Morgan fingerprint density at radius 2 is 1.77 bits per heavy atom. The first-order valence-corrected chi connectivity index (χ1v) is 5.17. The summed E-state index contributed by atoms with van der Waals surface area (Å²) in [5.41, 5.74) is 5.12. The molecule has 1 unspecified atom stereocenters. The van der Waals surface area contributed by atoms with Gasteiger partial charge in [0.25, 0.3) is 0 Å². The zero-order valence-electron chi connectivity index (χ0n) is 7.19. The second-order valence-corrected chi connectivity index (χ2v) is 4.59. The summed E-state index contributed by atoms with van der Waals surface area (Å²) >= 11 is 5.21. The summed E-state index contributed by atoms with van der Waals surface area (Å²) in [5, 5.41) is -0.548. The van der Waals surface area contributed by atoms with Gasteiger partial charge >= 0.3 is 6.18 Å². The maximum atomic E-state index is 12.1. The minimum Gasteiger partial charge on any atom is -0.400 e. The molecule has 6 heteroatoms. The Bertz CT molecular complexity index is 212. The maximum absolute atomic E-state index is 12.1. The molecule has 0 saturated heterocycles. The van der Waals surface area contributed by atoms with E-state index in [9.17, 15) is 13.2 Å². The fourth-order valence-electron chi connectivity index (χ4n) is 0.653. The van der Waals surface area contributed by atoms with E-state index in [1.807, 2.05) is 0 Å². The molecule has 2 N–H and O–H groups in total. The molecule has 0 fully saturated rings. The van der Waals surface area contributed by atoms with E-state index < -0.39 is 15.0 Å². The van der Waals surface area contributed by atoms with Crippen molar-refractivity contribution >= 4 is 35.2 Å². The first kappa shape index (κ1) is 13.4. The van der Waals surface area contributed by atoms with Gasteiger partial charge in [0.2, 0.25) is 0 Å². The van der Waals surface area contributed by atoms with Gasteiger partial charge in [0.15, 0.2) is 0 Å². The lowest BCUT2D eigenvalue weighted by Crippen LogP contribution is -2.23. The quantitative estimate of drug-likeness (QED) is 0.592. The third-order valence-electron chi connectivity index (χ3n) is 1.45. The summed E-state index contributed by atoms with van der Waals surface area (Å²) in [4.78, 5) is 0. The summed E-state index contributed by atoms with van der Waals surface area (Å²) in [5.74, 6) is -0.0181. The Labute approximate surface area is 94.5 Å².